The fourth-order valence-electron chi connectivity index (χ4n) is 2.21. The first-order valence-electron chi connectivity index (χ1n) is 9.31. The number of nitrogens with one attached hydrogen (secondary N) is 4. The summed E-state index contributed by atoms with van der Waals surface area (Å²) in [5, 5.41) is 5.15. The van der Waals surface area contributed by atoms with E-state index in [-0.39, 0.29) is 16.9 Å². The van der Waals surface area contributed by atoms with Crippen LogP contribution in [0.5, 0.6) is 0 Å². The molecule has 4 N–H and O–H groups in total. The van der Waals surface area contributed by atoms with Crippen molar-refractivity contribution in [3.8, 4) is 0 Å². The van der Waals surface area contributed by atoms with E-state index in [1.54, 1.807) is 44.2 Å². The first-order chi connectivity index (χ1) is 14.2. The van der Waals surface area contributed by atoms with Gasteiger partial charge in [-0.05, 0) is 55.0 Å². The van der Waals surface area contributed by atoms with Gasteiger partial charge in [-0.15, -0.1) is 0 Å². The van der Waals surface area contributed by atoms with Crippen molar-refractivity contribution in [1.29, 1.82) is 0 Å². The Bertz CT molecular complexity index is 951. The Morgan fingerprint density at radius 3 is 2.17 bits per heavy atom. The maximum atomic E-state index is 12.2. The standard InChI is InChI=1S/C22H24N4O3S/c1-14(2)20(28)23-18-11-9-17(10-12-18)21(29)25-26-22(30)24-19(27)13-8-16-6-4-15(3)5-7-16/h4-14H,1-3H3,(H,23,28)(H,25,29)(H2,24,26,27,30). The number of amides is 3. The van der Waals surface area contributed by atoms with Crippen LogP contribution in [0.2, 0.25) is 0 Å². The minimum atomic E-state index is -0.441. The molecule has 0 aliphatic heterocycles. The van der Waals surface area contributed by atoms with E-state index in [0.29, 0.717) is 11.3 Å². The molecule has 30 heavy (non-hydrogen) atoms. The molecule has 0 aliphatic rings. The van der Waals surface area contributed by atoms with Crippen molar-refractivity contribution in [3.63, 3.8) is 0 Å². The van der Waals surface area contributed by atoms with Gasteiger partial charge in [0, 0.05) is 23.2 Å². The number of rotatable bonds is 5. The number of hydrogen-bond acceptors (Lipinski definition) is 4. The van der Waals surface area contributed by atoms with Crippen molar-refractivity contribution >= 4 is 46.8 Å². The third-order valence-electron chi connectivity index (χ3n) is 3.97. The fourth-order valence-corrected chi connectivity index (χ4v) is 2.36. The molecule has 0 fully saturated rings. The second-order valence-corrected chi connectivity index (χ2v) is 7.27. The number of benzene rings is 2. The number of hydrogen-bond donors (Lipinski definition) is 4. The SMILES string of the molecule is Cc1ccc(C=CC(=O)NC(=S)NNC(=O)c2ccc(NC(=O)C(C)C)cc2)cc1. The Kier molecular flexibility index (Phi) is 8.25. The second kappa shape index (κ2) is 10.9. The van der Waals surface area contributed by atoms with Gasteiger partial charge in [-0.25, -0.2) is 0 Å². The van der Waals surface area contributed by atoms with Crippen molar-refractivity contribution < 1.29 is 14.4 Å². The van der Waals surface area contributed by atoms with Crippen molar-refractivity contribution in [2.75, 3.05) is 5.32 Å². The molecule has 0 unspecified atom stereocenters. The molecule has 7 nitrogen and oxygen atoms in total. The highest BCUT2D eigenvalue weighted by atomic mass is 32.1. The lowest BCUT2D eigenvalue weighted by Crippen LogP contribution is -2.48. The maximum Gasteiger partial charge on any atom is 0.269 e. The van der Waals surface area contributed by atoms with Crippen molar-refractivity contribution in [1.82, 2.24) is 16.2 Å². The van der Waals surface area contributed by atoms with Crippen LogP contribution in [0.1, 0.15) is 35.3 Å². The quantitative estimate of drug-likeness (QED) is 0.336. The lowest BCUT2D eigenvalue weighted by atomic mass is 10.1. The average Bonchev–Trinajstić information content (AvgIpc) is 2.72. The van der Waals surface area contributed by atoms with E-state index in [1.807, 2.05) is 31.2 Å². The number of thiocarbonyl (C=S) groups is 1. The summed E-state index contributed by atoms with van der Waals surface area (Å²) >= 11 is 5.00. The minimum Gasteiger partial charge on any atom is -0.326 e. The molecule has 0 aliphatic carbocycles. The van der Waals surface area contributed by atoms with Crippen LogP contribution in [0.15, 0.2) is 54.6 Å². The molecule has 2 aromatic rings. The maximum absolute atomic E-state index is 12.2. The largest absolute Gasteiger partial charge is 0.326 e. The van der Waals surface area contributed by atoms with Gasteiger partial charge in [0.1, 0.15) is 0 Å². The molecule has 2 rings (SSSR count). The third kappa shape index (κ3) is 7.48. The van der Waals surface area contributed by atoms with Gasteiger partial charge in [0.25, 0.3) is 5.91 Å². The zero-order valence-electron chi connectivity index (χ0n) is 17.0. The first-order valence-corrected chi connectivity index (χ1v) is 9.72. The average molecular weight is 425 g/mol. The normalized spacial score (nSPS) is 10.5. The molecular weight excluding hydrogens is 400 g/mol. The zero-order valence-corrected chi connectivity index (χ0v) is 17.8. The predicted molar refractivity (Wildman–Crippen MR) is 121 cm³/mol. The van der Waals surface area contributed by atoms with Crippen LogP contribution in [0.3, 0.4) is 0 Å². The van der Waals surface area contributed by atoms with Gasteiger partial charge < -0.3 is 5.32 Å². The third-order valence-corrected chi connectivity index (χ3v) is 4.17. The Morgan fingerprint density at radius 2 is 1.57 bits per heavy atom. The lowest BCUT2D eigenvalue weighted by Gasteiger charge is -2.11. The highest BCUT2D eigenvalue weighted by molar-refractivity contribution is 7.80. The van der Waals surface area contributed by atoms with Gasteiger partial charge >= 0.3 is 0 Å². The summed E-state index contributed by atoms with van der Waals surface area (Å²) < 4.78 is 0. The van der Waals surface area contributed by atoms with E-state index in [9.17, 15) is 14.4 Å². The van der Waals surface area contributed by atoms with E-state index >= 15 is 0 Å². The highest BCUT2D eigenvalue weighted by Gasteiger charge is 2.09. The summed E-state index contributed by atoms with van der Waals surface area (Å²) in [7, 11) is 0. The minimum absolute atomic E-state index is 0.0391. The fraction of sp³-hybridized carbons (Fsp3) is 0.182. The Hall–Kier alpha value is -3.52. The van der Waals surface area contributed by atoms with Gasteiger partial charge in [0.15, 0.2) is 5.11 Å². The molecular formula is C22H24N4O3S. The van der Waals surface area contributed by atoms with Crippen molar-refractivity contribution in [2.24, 2.45) is 5.92 Å². The number of anilines is 1. The van der Waals surface area contributed by atoms with Gasteiger partial charge in [0.05, 0.1) is 0 Å². The van der Waals surface area contributed by atoms with E-state index in [0.717, 1.165) is 11.1 Å². The molecule has 0 saturated heterocycles. The summed E-state index contributed by atoms with van der Waals surface area (Å²) in [5.41, 5.74) is 7.86. The molecule has 0 radical (unpaired) electrons. The van der Waals surface area contributed by atoms with Crippen LogP contribution >= 0.6 is 12.2 Å². The molecule has 8 heteroatoms. The summed E-state index contributed by atoms with van der Waals surface area (Å²) in [6.07, 6.45) is 3.01. The summed E-state index contributed by atoms with van der Waals surface area (Å²) in [6.45, 7) is 5.57. The van der Waals surface area contributed by atoms with Crippen LogP contribution < -0.4 is 21.5 Å². The van der Waals surface area contributed by atoms with Crippen LogP contribution in [0, 0.1) is 12.8 Å². The molecule has 156 valence electrons. The lowest BCUT2D eigenvalue weighted by molar-refractivity contribution is -0.119. The van der Waals surface area contributed by atoms with E-state index in [1.165, 1.54) is 6.08 Å². The molecule has 0 heterocycles. The van der Waals surface area contributed by atoms with Gasteiger partial charge in [-0.1, -0.05) is 43.7 Å². The summed E-state index contributed by atoms with van der Waals surface area (Å²) in [6, 6.07) is 14.1. The van der Waals surface area contributed by atoms with Crippen molar-refractivity contribution in [2.45, 2.75) is 20.8 Å². The van der Waals surface area contributed by atoms with Crippen LogP contribution in [0.4, 0.5) is 5.69 Å². The molecule has 0 saturated carbocycles. The molecule has 3 amide bonds. The van der Waals surface area contributed by atoms with Crippen LogP contribution in [-0.4, -0.2) is 22.8 Å². The van der Waals surface area contributed by atoms with E-state index in [2.05, 4.69) is 21.5 Å². The van der Waals surface area contributed by atoms with Gasteiger partial charge in [-0.2, -0.15) is 0 Å². The number of hydrazine groups is 1. The van der Waals surface area contributed by atoms with E-state index in [4.69, 9.17) is 12.2 Å². The van der Waals surface area contributed by atoms with Gasteiger partial charge in [-0.3, -0.25) is 30.6 Å². The Labute approximate surface area is 180 Å². The molecule has 2 aromatic carbocycles. The second-order valence-electron chi connectivity index (χ2n) is 6.86. The smallest absolute Gasteiger partial charge is 0.269 e. The van der Waals surface area contributed by atoms with Crippen LogP contribution in [0.25, 0.3) is 6.08 Å². The Morgan fingerprint density at radius 1 is 0.933 bits per heavy atom. The summed E-state index contributed by atoms with van der Waals surface area (Å²) in [4.78, 5) is 35.8. The molecule has 0 aromatic heterocycles. The molecule has 0 spiro atoms. The first kappa shape index (κ1) is 22.8. The number of aryl methyl sites for hydroxylation is 1. The molecule has 0 atom stereocenters. The Balaban J connectivity index is 1.79. The molecule has 0 bridgehead atoms. The predicted octanol–water partition coefficient (Wildman–Crippen LogP) is 2.94. The monoisotopic (exact) mass is 424 g/mol. The number of carbonyl (C=O) groups is 3. The number of carbonyl (C=O) groups excluding carboxylic acids is 3. The van der Waals surface area contributed by atoms with E-state index < -0.39 is 11.8 Å². The zero-order chi connectivity index (χ0) is 22.1. The topological polar surface area (TPSA) is 99.3 Å². The van der Waals surface area contributed by atoms with Crippen LogP contribution in [-0.2, 0) is 9.59 Å². The summed E-state index contributed by atoms with van der Waals surface area (Å²) in [5.74, 6) is -1.11. The highest BCUT2D eigenvalue weighted by Crippen LogP contribution is 2.11. The van der Waals surface area contributed by atoms with Gasteiger partial charge in [0.2, 0.25) is 11.8 Å². The van der Waals surface area contributed by atoms with Crippen molar-refractivity contribution in [3.05, 3.63) is 71.3 Å².